The maximum absolute atomic E-state index is 12.1. The second-order valence-corrected chi connectivity index (χ2v) is 5.27. The summed E-state index contributed by atoms with van der Waals surface area (Å²) in [4.78, 5) is 0. The largest absolute Gasteiger partial charge is 0.534 e. The Morgan fingerprint density at radius 3 is 2.16 bits per heavy atom. The number of nitrogens with one attached hydrogen (secondary N) is 1. The van der Waals surface area contributed by atoms with Crippen LogP contribution in [-0.4, -0.2) is 19.8 Å². The third-order valence-corrected chi connectivity index (χ3v) is 3.31. The predicted molar refractivity (Wildman–Crippen MR) is 62.4 cm³/mol. The Morgan fingerprint density at radius 2 is 1.79 bits per heavy atom. The van der Waals surface area contributed by atoms with E-state index in [1.165, 1.54) is 12.1 Å². The lowest BCUT2D eigenvalue weighted by atomic mass is 10.0. The van der Waals surface area contributed by atoms with Crippen molar-refractivity contribution in [3.05, 3.63) is 29.8 Å². The molecule has 106 valence electrons. The Hall–Kier alpha value is -1.77. The van der Waals surface area contributed by atoms with Crippen LogP contribution >= 0.6 is 0 Å². The van der Waals surface area contributed by atoms with E-state index in [-0.39, 0.29) is 5.84 Å². The first-order valence-corrected chi connectivity index (χ1v) is 6.40. The van der Waals surface area contributed by atoms with Crippen molar-refractivity contribution < 1.29 is 25.8 Å². The maximum atomic E-state index is 12.1. The molecule has 0 aliphatic rings. The number of benzene rings is 1. The first-order chi connectivity index (χ1) is 8.54. The zero-order valence-corrected chi connectivity index (χ0v) is 10.5. The maximum Gasteiger partial charge on any atom is 0.534 e. The highest BCUT2D eigenvalue weighted by Crippen LogP contribution is 2.27. The van der Waals surface area contributed by atoms with Gasteiger partial charge in [0.05, 0.1) is 5.84 Å². The van der Waals surface area contributed by atoms with Crippen LogP contribution in [-0.2, 0) is 10.1 Å². The second kappa shape index (κ2) is 5.08. The van der Waals surface area contributed by atoms with E-state index < -0.39 is 27.3 Å². The molecule has 0 bridgehead atoms. The van der Waals surface area contributed by atoms with E-state index in [1.807, 2.05) is 0 Å². The van der Waals surface area contributed by atoms with Gasteiger partial charge in [0.1, 0.15) is 5.75 Å². The van der Waals surface area contributed by atoms with Gasteiger partial charge in [0.25, 0.3) is 0 Å². The summed E-state index contributed by atoms with van der Waals surface area (Å²) < 4.78 is 61.6. The third-order valence-electron chi connectivity index (χ3n) is 2.34. The molecular formula is C10H11F3N2O3S. The molecule has 0 saturated heterocycles. The third kappa shape index (κ3) is 3.60. The Bertz CT molecular complexity index is 567. The first kappa shape index (κ1) is 15.3. The SMILES string of the molecule is C[C@@H](C(=N)N)c1ccc(OS(=O)(=O)C(F)(F)F)cc1. The minimum absolute atomic E-state index is 0.114. The van der Waals surface area contributed by atoms with Gasteiger partial charge in [-0.2, -0.15) is 21.6 Å². The van der Waals surface area contributed by atoms with E-state index in [2.05, 4.69) is 4.18 Å². The van der Waals surface area contributed by atoms with Crippen LogP contribution in [0.1, 0.15) is 18.4 Å². The molecule has 0 heterocycles. The molecule has 9 heteroatoms. The average molecular weight is 296 g/mol. The highest BCUT2D eigenvalue weighted by atomic mass is 32.2. The quantitative estimate of drug-likeness (QED) is 0.384. The molecule has 1 aromatic rings. The van der Waals surface area contributed by atoms with Crippen molar-refractivity contribution in [2.45, 2.75) is 18.3 Å². The lowest BCUT2D eigenvalue weighted by Crippen LogP contribution is -2.28. The number of hydrogen-bond donors (Lipinski definition) is 2. The number of nitrogens with two attached hydrogens (primary N) is 1. The van der Waals surface area contributed by atoms with Gasteiger partial charge in [0.2, 0.25) is 0 Å². The monoisotopic (exact) mass is 296 g/mol. The Balaban J connectivity index is 2.93. The lowest BCUT2D eigenvalue weighted by molar-refractivity contribution is -0.0500. The molecule has 0 aromatic heterocycles. The highest BCUT2D eigenvalue weighted by molar-refractivity contribution is 7.87. The Kier molecular flexibility index (Phi) is 4.09. The normalized spacial score (nSPS) is 13.9. The van der Waals surface area contributed by atoms with Crippen LogP contribution in [0.2, 0.25) is 0 Å². The summed E-state index contributed by atoms with van der Waals surface area (Å²) in [6, 6.07) is 4.82. The molecule has 0 saturated carbocycles. The van der Waals surface area contributed by atoms with Gasteiger partial charge in [-0.05, 0) is 17.7 Å². The number of rotatable bonds is 4. The van der Waals surface area contributed by atoms with Gasteiger partial charge in [-0.25, -0.2) is 0 Å². The van der Waals surface area contributed by atoms with Crippen molar-refractivity contribution in [2.75, 3.05) is 0 Å². The summed E-state index contributed by atoms with van der Waals surface area (Å²) in [6.45, 7) is 1.63. The smallest absolute Gasteiger partial charge is 0.387 e. The highest BCUT2D eigenvalue weighted by Gasteiger charge is 2.48. The molecule has 0 unspecified atom stereocenters. The van der Waals surface area contributed by atoms with Gasteiger partial charge in [-0.3, -0.25) is 5.41 Å². The Labute approximate surface area is 107 Å². The fourth-order valence-electron chi connectivity index (χ4n) is 1.17. The van der Waals surface area contributed by atoms with Crippen LogP contribution in [0.15, 0.2) is 24.3 Å². The van der Waals surface area contributed by atoms with Crippen LogP contribution in [0.25, 0.3) is 0 Å². The van der Waals surface area contributed by atoms with Gasteiger partial charge in [0.15, 0.2) is 0 Å². The van der Waals surface area contributed by atoms with Crippen LogP contribution in [0.3, 0.4) is 0 Å². The summed E-state index contributed by atoms with van der Waals surface area (Å²) in [5, 5.41) is 7.22. The average Bonchev–Trinajstić information content (AvgIpc) is 2.27. The molecule has 1 atom stereocenters. The standard InChI is InChI=1S/C10H11F3N2O3S/c1-6(9(14)15)7-2-4-8(5-3-7)18-19(16,17)10(11,12)13/h2-6H,1H3,(H3,14,15)/t6-/m1/s1. The van der Waals surface area contributed by atoms with Crippen molar-refractivity contribution >= 4 is 16.0 Å². The molecule has 0 amide bonds. The van der Waals surface area contributed by atoms with Crippen molar-refractivity contribution in [1.82, 2.24) is 0 Å². The predicted octanol–water partition coefficient (Wildman–Crippen LogP) is 1.95. The molecule has 1 aromatic carbocycles. The van der Waals surface area contributed by atoms with Gasteiger partial charge < -0.3 is 9.92 Å². The summed E-state index contributed by atoms with van der Waals surface area (Å²) >= 11 is 0. The number of halogens is 3. The molecular weight excluding hydrogens is 285 g/mol. The van der Waals surface area contributed by atoms with Crippen molar-refractivity contribution in [1.29, 1.82) is 5.41 Å². The van der Waals surface area contributed by atoms with Crippen LogP contribution in [0.4, 0.5) is 13.2 Å². The minimum Gasteiger partial charge on any atom is -0.387 e. The van der Waals surface area contributed by atoms with E-state index in [9.17, 15) is 21.6 Å². The van der Waals surface area contributed by atoms with Crippen LogP contribution in [0.5, 0.6) is 5.75 Å². The summed E-state index contributed by atoms with van der Waals surface area (Å²) in [6.07, 6.45) is 0. The summed E-state index contributed by atoms with van der Waals surface area (Å²) in [5.41, 5.74) is 0.358. The van der Waals surface area contributed by atoms with Gasteiger partial charge >= 0.3 is 15.6 Å². The van der Waals surface area contributed by atoms with Gasteiger partial charge in [-0.1, -0.05) is 19.1 Å². The van der Waals surface area contributed by atoms with E-state index in [0.717, 1.165) is 12.1 Å². The van der Waals surface area contributed by atoms with E-state index in [0.29, 0.717) is 5.56 Å². The van der Waals surface area contributed by atoms with Crippen LogP contribution < -0.4 is 9.92 Å². The fraction of sp³-hybridized carbons (Fsp3) is 0.300. The molecule has 0 aliphatic carbocycles. The topological polar surface area (TPSA) is 93.2 Å². The summed E-state index contributed by atoms with van der Waals surface area (Å²) in [5.74, 6) is -0.998. The number of hydrogen-bond acceptors (Lipinski definition) is 4. The number of alkyl halides is 3. The molecule has 1 rings (SSSR count). The fourth-order valence-corrected chi connectivity index (χ4v) is 1.62. The van der Waals surface area contributed by atoms with Crippen molar-refractivity contribution in [2.24, 2.45) is 5.73 Å². The zero-order valence-electron chi connectivity index (χ0n) is 9.73. The van der Waals surface area contributed by atoms with Gasteiger partial charge in [0, 0.05) is 5.92 Å². The van der Waals surface area contributed by atoms with Crippen molar-refractivity contribution in [3.8, 4) is 5.75 Å². The first-order valence-electron chi connectivity index (χ1n) is 4.99. The minimum atomic E-state index is -5.67. The number of amidine groups is 1. The molecule has 0 aliphatic heterocycles. The second-order valence-electron chi connectivity index (χ2n) is 3.73. The molecule has 0 radical (unpaired) electrons. The lowest BCUT2D eigenvalue weighted by Gasteiger charge is -2.12. The summed E-state index contributed by atoms with van der Waals surface area (Å²) in [7, 11) is -5.67. The molecule has 5 nitrogen and oxygen atoms in total. The van der Waals surface area contributed by atoms with Crippen molar-refractivity contribution in [3.63, 3.8) is 0 Å². The Morgan fingerprint density at radius 1 is 1.32 bits per heavy atom. The molecule has 0 spiro atoms. The van der Waals surface area contributed by atoms with E-state index in [4.69, 9.17) is 11.1 Å². The van der Waals surface area contributed by atoms with E-state index >= 15 is 0 Å². The van der Waals surface area contributed by atoms with Gasteiger partial charge in [-0.15, -0.1) is 0 Å². The zero-order chi connectivity index (χ0) is 14.8. The molecule has 3 N–H and O–H groups in total. The molecule has 19 heavy (non-hydrogen) atoms. The van der Waals surface area contributed by atoms with Crippen LogP contribution in [0, 0.1) is 5.41 Å². The molecule has 0 fully saturated rings. The van der Waals surface area contributed by atoms with E-state index in [1.54, 1.807) is 6.92 Å².